The number of aromatic amines is 1. The zero-order chi connectivity index (χ0) is 17.2. The van der Waals surface area contributed by atoms with Crippen molar-refractivity contribution in [1.29, 1.82) is 0 Å². The van der Waals surface area contributed by atoms with E-state index in [9.17, 15) is 4.79 Å². The molecule has 0 bridgehead atoms. The number of nitrogens with zero attached hydrogens (tertiary/aromatic N) is 3. The third-order valence-corrected chi connectivity index (χ3v) is 3.96. The maximum absolute atomic E-state index is 13.0. The standard InChI is InChI=1S/C17H22N4O3/c1-17(2)11-21(9-13(24-17)10-23-3)16(22)14-8-19-20-15(14)12-4-6-18-7-5-12/h4-8,13H,9-11H2,1-3H3,(H,19,20). The average Bonchev–Trinajstić information content (AvgIpc) is 3.03. The van der Waals surface area contributed by atoms with Crippen LogP contribution in [0.3, 0.4) is 0 Å². The summed E-state index contributed by atoms with van der Waals surface area (Å²) in [6.07, 6.45) is 4.82. The Morgan fingerprint density at radius 3 is 2.92 bits per heavy atom. The van der Waals surface area contributed by atoms with Crippen molar-refractivity contribution < 1.29 is 14.3 Å². The topological polar surface area (TPSA) is 80.3 Å². The lowest BCUT2D eigenvalue weighted by Crippen LogP contribution is -2.55. The highest BCUT2D eigenvalue weighted by atomic mass is 16.5. The van der Waals surface area contributed by atoms with Gasteiger partial charge in [0.15, 0.2) is 0 Å². The second-order valence-corrected chi connectivity index (χ2v) is 6.54. The molecule has 0 radical (unpaired) electrons. The third kappa shape index (κ3) is 3.47. The third-order valence-electron chi connectivity index (χ3n) is 3.96. The van der Waals surface area contributed by atoms with Gasteiger partial charge in [-0.1, -0.05) is 0 Å². The summed E-state index contributed by atoms with van der Waals surface area (Å²) in [5.74, 6) is -0.0620. The minimum absolute atomic E-state index is 0.0620. The molecule has 2 aromatic heterocycles. The number of methoxy groups -OCH3 is 1. The van der Waals surface area contributed by atoms with Crippen LogP contribution < -0.4 is 0 Å². The van der Waals surface area contributed by atoms with Crippen molar-refractivity contribution in [3.8, 4) is 11.3 Å². The molecule has 7 nitrogen and oxygen atoms in total. The summed E-state index contributed by atoms with van der Waals surface area (Å²) < 4.78 is 11.2. The predicted octanol–water partition coefficient (Wildman–Crippen LogP) is 1.74. The molecule has 2 aromatic rings. The Labute approximate surface area is 141 Å². The lowest BCUT2D eigenvalue weighted by atomic mass is 10.0. The lowest BCUT2D eigenvalue weighted by molar-refractivity contribution is -0.143. The van der Waals surface area contributed by atoms with Crippen LogP contribution in [0.4, 0.5) is 0 Å². The molecule has 128 valence electrons. The molecule has 24 heavy (non-hydrogen) atoms. The van der Waals surface area contributed by atoms with Gasteiger partial charge in [-0.25, -0.2) is 0 Å². The van der Waals surface area contributed by atoms with Gasteiger partial charge in [0, 0.05) is 38.2 Å². The number of ether oxygens (including phenoxy) is 2. The zero-order valence-corrected chi connectivity index (χ0v) is 14.2. The van der Waals surface area contributed by atoms with Crippen molar-refractivity contribution in [2.24, 2.45) is 0 Å². The number of morpholine rings is 1. The summed E-state index contributed by atoms with van der Waals surface area (Å²) in [5, 5.41) is 6.98. The SMILES string of the molecule is COCC1CN(C(=O)c2cn[nH]c2-c2ccncc2)CC(C)(C)O1. The van der Waals surface area contributed by atoms with Gasteiger partial charge >= 0.3 is 0 Å². The Morgan fingerprint density at radius 2 is 2.21 bits per heavy atom. The molecule has 0 aromatic carbocycles. The van der Waals surface area contributed by atoms with Crippen molar-refractivity contribution in [3.05, 3.63) is 36.3 Å². The van der Waals surface area contributed by atoms with Crippen LogP contribution in [0.1, 0.15) is 24.2 Å². The van der Waals surface area contributed by atoms with Gasteiger partial charge in [-0.3, -0.25) is 14.9 Å². The molecular formula is C17H22N4O3. The van der Waals surface area contributed by atoms with Gasteiger partial charge in [-0.05, 0) is 26.0 Å². The summed E-state index contributed by atoms with van der Waals surface area (Å²) in [7, 11) is 1.63. The van der Waals surface area contributed by atoms with Gasteiger partial charge in [0.2, 0.25) is 0 Å². The van der Waals surface area contributed by atoms with E-state index in [4.69, 9.17) is 9.47 Å². The lowest BCUT2D eigenvalue weighted by Gasteiger charge is -2.42. The first-order valence-corrected chi connectivity index (χ1v) is 7.90. The van der Waals surface area contributed by atoms with E-state index >= 15 is 0 Å². The number of carbonyl (C=O) groups excluding carboxylic acids is 1. The van der Waals surface area contributed by atoms with Crippen molar-refractivity contribution in [3.63, 3.8) is 0 Å². The number of hydrogen-bond donors (Lipinski definition) is 1. The highest BCUT2D eigenvalue weighted by Crippen LogP contribution is 2.26. The van der Waals surface area contributed by atoms with Crippen molar-refractivity contribution in [1.82, 2.24) is 20.1 Å². The highest BCUT2D eigenvalue weighted by Gasteiger charge is 2.36. The van der Waals surface area contributed by atoms with E-state index in [1.165, 1.54) is 0 Å². The molecule has 1 atom stereocenters. The first kappa shape index (κ1) is 16.6. The van der Waals surface area contributed by atoms with Crippen LogP contribution in [0.25, 0.3) is 11.3 Å². The largest absolute Gasteiger partial charge is 0.382 e. The Bertz CT molecular complexity index is 699. The molecule has 0 aliphatic carbocycles. The first-order chi connectivity index (χ1) is 11.5. The molecule has 3 rings (SSSR count). The molecule has 3 heterocycles. The quantitative estimate of drug-likeness (QED) is 0.923. The Kier molecular flexibility index (Phi) is 4.64. The second kappa shape index (κ2) is 6.70. The summed E-state index contributed by atoms with van der Waals surface area (Å²) in [6, 6.07) is 3.70. The number of carbonyl (C=O) groups is 1. The molecular weight excluding hydrogens is 308 g/mol. The van der Waals surface area contributed by atoms with E-state index in [2.05, 4.69) is 15.2 Å². The Balaban J connectivity index is 1.85. The molecule has 1 aliphatic heterocycles. The number of amides is 1. The first-order valence-electron chi connectivity index (χ1n) is 7.90. The van der Waals surface area contributed by atoms with Crippen LogP contribution in [0, 0.1) is 0 Å². The minimum Gasteiger partial charge on any atom is -0.382 e. The fraction of sp³-hybridized carbons (Fsp3) is 0.471. The fourth-order valence-electron chi connectivity index (χ4n) is 3.08. The summed E-state index contributed by atoms with van der Waals surface area (Å²) >= 11 is 0. The summed E-state index contributed by atoms with van der Waals surface area (Å²) in [5.41, 5.74) is 1.72. The average molecular weight is 330 g/mol. The van der Waals surface area contributed by atoms with E-state index < -0.39 is 5.60 Å². The van der Waals surface area contributed by atoms with E-state index in [-0.39, 0.29) is 12.0 Å². The normalized spacial score (nSPS) is 20.1. The molecule has 0 spiro atoms. The molecule has 1 N–H and O–H groups in total. The van der Waals surface area contributed by atoms with Crippen molar-refractivity contribution in [2.75, 3.05) is 26.8 Å². The maximum atomic E-state index is 13.0. The minimum atomic E-state index is -0.419. The van der Waals surface area contributed by atoms with E-state index in [0.717, 1.165) is 5.56 Å². The molecule has 1 aliphatic rings. The summed E-state index contributed by atoms with van der Waals surface area (Å²) in [4.78, 5) is 18.9. The van der Waals surface area contributed by atoms with Gasteiger partial charge < -0.3 is 14.4 Å². The van der Waals surface area contributed by atoms with Crippen LogP contribution in [-0.4, -0.2) is 64.5 Å². The van der Waals surface area contributed by atoms with Crippen LogP contribution in [0.5, 0.6) is 0 Å². The van der Waals surface area contributed by atoms with Crippen LogP contribution in [0.2, 0.25) is 0 Å². The van der Waals surface area contributed by atoms with Crippen LogP contribution in [-0.2, 0) is 9.47 Å². The van der Waals surface area contributed by atoms with Crippen LogP contribution >= 0.6 is 0 Å². The van der Waals surface area contributed by atoms with Gasteiger partial charge in [-0.2, -0.15) is 5.10 Å². The number of pyridine rings is 1. The Morgan fingerprint density at radius 1 is 1.46 bits per heavy atom. The number of rotatable bonds is 4. The smallest absolute Gasteiger partial charge is 0.257 e. The van der Waals surface area contributed by atoms with Gasteiger partial charge in [0.1, 0.15) is 0 Å². The number of nitrogens with one attached hydrogen (secondary N) is 1. The highest BCUT2D eigenvalue weighted by molar-refractivity contribution is 5.99. The van der Waals surface area contributed by atoms with E-state index in [1.54, 1.807) is 25.7 Å². The zero-order valence-electron chi connectivity index (χ0n) is 14.2. The van der Waals surface area contributed by atoms with E-state index in [0.29, 0.717) is 31.0 Å². The summed E-state index contributed by atoms with van der Waals surface area (Å²) in [6.45, 7) is 5.43. The van der Waals surface area contributed by atoms with Gasteiger partial charge in [0.05, 0.1) is 35.8 Å². The molecule has 1 amide bonds. The van der Waals surface area contributed by atoms with E-state index in [1.807, 2.05) is 30.9 Å². The van der Waals surface area contributed by atoms with Crippen molar-refractivity contribution in [2.45, 2.75) is 25.6 Å². The fourth-order valence-corrected chi connectivity index (χ4v) is 3.08. The Hall–Kier alpha value is -2.25. The molecule has 1 fully saturated rings. The van der Waals surface area contributed by atoms with Gasteiger partial charge in [-0.15, -0.1) is 0 Å². The maximum Gasteiger partial charge on any atom is 0.257 e. The molecule has 1 saturated heterocycles. The monoisotopic (exact) mass is 330 g/mol. The molecule has 0 saturated carbocycles. The molecule has 1 unspecified atom stereocenters. The van der Waals surface area contributed by atoms with Gasteiger partial charge in [0.25, 0.3) is 5.91 Å². The second-order valence-electron chi connectivity index (χ2n) is 6.54. The van der Waals surface area contributed by atoms with Crippen molar-refractivity contribution >= 4 is 5.91 Å². The number of hydrogen-bond acceptors (Lipinski definition) is 5. The molecule has 7 heteroatoms. The number of aromatic nitrogens is 3. The number of H-pyrrole nitrogens is 1. The van der Waals surface area contributed by atoms with Crippen LogP contribution in [0.15, 0.2) is 30.7 Å². The predicted molar refractivity (Wildman–Crippen MR) is 88.6 cm³/mol.